The Labute approximate surface area is 123 Å². The van der Waals surface area contributed by atoms with E-state index in [0.29, 0.717) is 6.54 Å². The van der Waals surface area contributed by atoms with E-state index in [1.165, 1.54) is 24.3 Å². The molecule has 7 heteroatoms. The molecule has 110 valence electrons. The van der Waals surface area contributed by atoms with E-state index in [9.17, 15) is 8.42 Å². The number of hydrogen-bond acceptors (Lipinski definition) is 3. The Bertz CT molecular complexity index is 726. The number of sulfonamides is 1. The van der Waals surface area contributed by atoms with Crippen molar-refractivity contribution in [1.82, 2.24) is 4.72 Å². The molecule has 0 fully saturated rings. The minimum absolute atomic E-state index is 0.0383. The van der Waals surface area contributed by atoms with Gasteiger partial charge in [-0.25, -0.2) is 18.1 Å². The van der Waals surface area contributed by atoms with Crippen LogP contribution in [0.25, 0.3) is 0 Å². The summed E-state index contributed by atoms with van der Waals surface area (Å²) in [6.45, 7) is 0.293. The zero-order valence-corrected chi connectivity index (χ0v) is 12.0. The fourth-order valence-electron chi connectivity index (χ4n) is 1.62. The number of hydrogen-bond donors (Lipinski definition) is 2. The maximum atomic E-state index is 12.0. The Balaban J connectivity index is 2.07. The molecule has 6 nitrogen and oxygen atoms in total. The molecule has 0 aromatic heterocycles. The fourth-order valence-corrected chi connectivity index (χ4v) is 2.57. The van der Waals surface area contributed by atoms with Gasteiger partial charge < -0.3 is 10.8 Å². The number of benzene rings is 2. The van der Waals surface area contributed by atoms with E-state index in [2.05, 4.69) is 9.71 Å². The van der Waals surface area contributed by atoms with E-state index < -0.39 is 10.0 Å². The molecule has 0 aliphatic heterocycles. The maximum absolute atomic E-state index is 12.0. The second-order valence-corrected chi connectivity index (χ2v) is 6.00. The van der Waals surface area contributed by atoms with Crippen LogP contribution in [0.15, 0.2) is 64.5 Å². The molecule has 0 bridgehead atoms. The van der Waals surface area contributed by atoms with Crippen LogP contribution < -0.4 is 10.5 Å². The molecule has 0 aliphatic carbocycles. The fraction of sp³-hybridized carbons (Fsp3) is 0.0714. The van der Waals surface area contributed by atoms with Gasteiger partial charge in [-0.2, -0.15) is 0 Å². The van der Waals surface area contributed by atoms with Crippen molar-refractivity contribution in [3.63, 3.8) is 0 Å². The third kappa shape index (κ3) is 4.22. The Hall–Kier alpha value is -2.54. The number of nitrogens with two attached hydrogens (primary N) is 1. The van der Waals surface area contributed by atoms with Gasteiger partial charge in [0.15, 0.2) is 0 Å². The highest BCUT2D eigenvalue weighted by Gasteiger charge is 2.15. The Morgan fingerprint density at radius 1 is 1.10 bits per heavy atom. The van der Waals surface area contributed by atoms with E-state index in [-0.39, 0.29) is 16.6 Å². The SMILES string of the molecule is NC(=NCc1ccccc1)NS(=O)(=O)c1ccc([OH2+])cc1. The van der Waals surface area contributed by atoms with Crippen LogP contribution in [0, 0.1) is 0 Å². The summed E-state index contributed by atoms with van der Waals surface area (Å²) < 4.78 is 26.3. The van der Waals surface area contributed by atoms with Crippen molar-refractivity contribution in [2.75, 3.05) is 0 Å². The lowest BCUT2D eigenvalue weighted by Crippen LogP contribution is -2.36. The molecule has 0 spiro atoms. The van der Waals surface area contributed by atoms with Crippen LogP contribution in [-0.4, -0.2) is 19.5 Å². The van der Waals surface area contributed by atoms with Gasteiger partial charge in [0.05, 0.1) is 11.4 Å². The van der Waals surface area contributed by atoms with Crippen molar-refractivity contribution in [3.05, 3.63) is 60.2 Å². The zero-order chi connectivity index (χ0) is 15.3. The molecule has 5 N–H and O–H groups in total. The second kappa shape index (κ2) is 6.27. The minimum Gasteiger partial charge on any atom is -0.593 e. The van der Waals surface area contributed by atoms with Crippen molar-refractivity contribution in [1.29, 1.82) is 0 Å². The van der Waals surface area contributed by atoms with E-state index >= 15 is 0 Å². The van der Waals surface area contributed by atoms with Gasteiger partial charge in [0.1, 0.15) is 0 Å². The first kappa shape index (κ1) is 14.9. The molecule has 0 aliphatic rings. The summed E-state index contributed by atoms with van der Waals surface area (Å²) in [6.07, 6.45) is 0. The molecule has 2 rings (SSSR count). The highest BCUT2D eigenvalue weighted by molar-refractivity contribution is 7.90. The third-order valence-corrected chi connectivity index (χ3v) is 4.05. The number of rotatable bonds is 4. The predicted molar refractivity (Wildman–Crippen MR) is 81.6 cm³/mol. The summed E-state index contributed by atoms with van der Waals surface area (Å²) >= 11 is 0. The van der Waals surface area contributed by atoms with Gasteiger partial charge in [-0.1, -0.05) is 30.3 Å². The monoisotopic (exact) mass is 306 g/mol. The molecular weight excluding hydrogens is 290 g/mol. The highest BCUT2D eigenvalue weighted by Crippen LogP contribution is 2.13. The Morgan fingerprint density at radius 3 is 2.33 bits per heavy atom. The van der Waals surface area contributed by atoms with Crippen LogP contribution in [0.5, 0.6) is 5.75 Å². The molecule has 0 saturated carbocycles. The molecule has 0 saturated heterocycles. The first-order chi connectivity index (χ1) is 9.97. The average Bonchev–Trinajstić information content (AvgIpc) is 2.46. The Kier molecular flexibility index (Phi) is 4.44. The third-order valence-electron chi connectivity index (χ3n) is 2.68. The second-order valence-electron chi connectivity index (χ2n) is 4.32. The van der Waals surface area contributed by atoms with Crippen molar-refractivity contribution >= 4 is 16.0 Å². The minimum atomic E-state index is -3.77. The molecule has 0 heterocycles. The summed E-state index contributed by atoms with van der Waals surface area (Å²) in [7, 11) is -3.77. The van der Waals surface area contributed by atoms with Gasteiger partial charge in [0.2, 0.25) is 5.96 Å². The average molecular weight is 306 g/mol. The molecule has 21 heavy (non-hydrogen) atoms. The van der Waals surface area contributed by atoms with Gasteiger partial charge >= 0.3 is 0 Å². The van der Waals surface area contributed by atoms with Gasteiger partial charge in [0.25, 0.3) is 15.8 Å². The molecule has 2 aromatic rings. The van der Waals surface area contributed by atoms with Crippen LogP contribution in [0.3, 0.4) is 0 Å². The lowest BCUT2D eigenvalue weighted by molar-refractivity contribution is 0.475. The van der Waals surface area contributed by atoms with Gasteiger partial charge in [-0.05, 0) is 17.7 Å². The molecule has 2 aromatic carbocycles. The normalized spacial score (nSPS) is 12.1. The molecular formula is C14H16N3O3S+. The lowest BCUT2D eigenvalue weighted by Gasteiger charge is -2.07. The largest absolute Gasteiger partial charge is 0.593 e. The molecule has 0 atom stereocenters. The van der Waals surface area contributed by atoms with Gasteiger partial charge in [0, 0.05) is 12.1 Å². The Morgan fingerprint density at radius 2 is 1.71 bits per heavy atom. The van der Waals surface area contributed by atoms with Gasteiger partial charge in [-0.15, -0.1) is 0 Å². The summed E-state index contributed by atoms with van der Waals surface area (Å²) in [5.41, 5.74) is 6.53. The number of aliphatic imine (C=N–C) groups is 1. The topological polar surface area (TPSA) is 107 Å². The smallest absolute Gasteiger partial charge is 0.264 e. The standard InChI is InChI=1S/C14H15N3O3S/c15-14(16-10-11-4-2-1-3-5-11)17-21(19,20)13-8-6-12(18)7-9-13/h1-9,18H,10H2,(H3,15,16,17)/p+1. The van der Waals surface area contributed by atoms with E-state index in [0.717, 1.165) is 5.56 Å². The van der Waals surface area contributed by atoms with Crippen LogP contribution in [0.1, 0.15) is 5.56 Å². The first-order valence-corrected chi connectivity index (χ1v) is 7.64. The van der Waals surface area contributed by atoms with E-state index in [1.807, 2.05) is 30.3 Å². The van der Waals surface area contributed by atoms with Crippen LogP contribution in [-0.2, 0) is 16.6 Å². The van der Waals surface area contributed by atoms with Crippen molar-refractivity contribution < 1.29 is 13.5 Å². The highest BCUT2D eigenvalue weighted by atomic mass is 32.2. The van der Waals surface area contributed by atoms with Crippen LogP contribution >= 0.6 is 0 Å². The van der Waals surface area contributed by atoms with Crippen molar-refractivity contribution in [2.24, 2.45) is 10.7 Å². The quantitative estimate of drug-likeness (QED) is 0.498. The first-order valence-electron chi connectivity index (χ1n) is 6.16. The number of nitrogens with zero attached hydrogens (tertiary/aromatic N) is 1. The predicted octanol–water partition coefficient (Wildman–Crippen LogP) is 0.918. The van der Waals surface area contributed by atoms with Crippen molar-refractivity contribution in [2.45, 2.75) is 11.4 Å². The van der Waals surface area contributed by atoms with Gasteiger partial charge in [-0.3, -0.25) is 0 Å². The van der Waals surface area contributed by atoms with Crippen LogP contribution in [0.4, 0.5) is 0 Å². The summed E-state index contributed by atoms with van der Waals surface area (Å²) in [4.78, 5) is 4.03. The number of nitrogens with one attached hydrogen (secondary N) is 1. The summed E-state index contributed by atoms with van der Waals surface area (Å²) in [5, 5.41) is 7.34. The molecule has 0 unspecified atom stereocenters. The van der Waals surface area contributed by atoms with E-state index in [4.69, 9.17) is 10.8 Å². The lowest BCUT2D eigenvalue weighted by atomic mass is 10.2. The number of guanidine groups is 1. The molecule has 0 amide bonds. The zero-order valence-electron chi connectivity index (χ0n) is 11.2. The summed E-state index contributed by atoms with van der Waals surface area (Å²) in [5.74, 6) is 0.0634. The summed E-state index contributed by atoms with van der Waals surface area (Å²) in [6, 6.07) is 14.8. The maximum Gasteiger partial charge on any atom is 0.264 e. The van der Waals surface area contributed by atoms with Crippen LogP contribution in [0.2, 0.25) is 0 Å². The van der Waals surface area contributed by atoms with Crippen molar-refractivity contribution in [3.8, 4) is 5.75 Å². The molecule has 0 radical (unpaired) electrons. The van der Waals surface area contributed by atoms with E-state index in [1.54, 1.807) is 0 Å².